The van der Waals surface area contributed by atoms with Gasteiger partial charge in [0.25, 0.3) is 5.91 Å². The van der Waals surface area contributed by atoms with E-state index in [0.717, 1.165) is 28.4 Å². The molecule has 142 valence electrons. The van der Waals surface area contributed by atoms with Gasteiger partial charge in [0.05, 0.1) is 17.3 Å². The Morgan fingerprint density at radius 1 is 1.11 bits per heavy atom. The Hall–Kier alpha value is -3.25. The van der Waals surface area contributed by atoms with Crippen LogP contribution >= 0.6 is 0 Å². The van der Waals surface area contributed by atoms with E-state index in [0.29, 0.717) is 25.2 Å². The van der Waals surface area contributed by atoms with Crippen molar-refractivity contribution >= 4 is 35.2 Å². The molecule has 1 fully saturated rings. The summed E-state index contributed by atoms with van der Waals surface area (Å²) in [6.45, 7) is 1.77. The summed E-state index contributed by atoms with van der Waals surface area (Å²) in [5.41, 5.74) is 3.52. The lowest BCUT2D eigenvalue weighted by Gasteiger charge is -2.36. The van der Waals surface area contributed by atoms with Crippen LogP contribution in [-0.4, -0.2) is 64.9 Å². The minimum Gasteiger partial charge on any atom is -0.335 e. The zero-order chi connectivity index (χ0) is 19.5. The molecule has 1 saturated heterocycles. The van der Waals surface area contributed by atoms with Gasteiger partial charge in [0.1, 0.15) is 6.29 Å². The van der Waals surface area contributed by atoms with Gasteiger partial charge in [0.15, 0.2) is 0 Å². The summed E-state index contributed by atoms with van der Waals surface area (Å²) >= 11 is 0. The molecule has 0 bridgehead atoms. The molecule has 3 aromatic rings. The van der Waals surface area contributed by atoms with E-state index in [9.17, 15) is 9.59 Å². The fraction of sp³-hybridized carbons (Fsp3) is 0.227. The number of carbonyl (C=O) groups excluding carboxylic acids is 2. The summed E-state index contributed by atoms with van der Waals surface area (Å²) in [6.07, 6.45) is 4.85. The van der Waals surface area contributed by atoms with Crippen LogP contribution in [0.2, 0.25) is 0 Å². The molecule has 2 aromatic carbocycles. The highest BCUT2D eigenvalue weighted by molar-refractivity contribution is 5.95. The molecule has 1 unspecified atom stereocenters. The first-order valence-electron chi connectivity index (χ1n) is 9.32. The van der Waals surface area contributed by atoms with E-state index < -0.39 is 0 Å². The number of benzene rings is 2. The first-order valence-corrected chi connectivity index (χ1v) is 9.32. The summed E-state index contributed by atoms with van der Waals surface area (Å²) in [6, 6.07) is 15.3. The number of piperazine rings is 1. The number of nitrogens with zero attached hydrogens (tertiary/aromatic N) is 3. The van der Waals surface area contributed by atoms with Crippen molar-refractivity contribution in [2.24, 2.45) is 0 Å². The number of H-pyrrole nitrogens is 1. The van der Waals surface area contributed by atoms with E-state index in [4.69, 9.17) is 0 Å². The minimum atomic E-state index is -0.233. The molecule has 2 heterocycles. The first-order chi connectivity index (χ1) is 13.7. The Balaban J connectivity index is 1.46. The van der Waals surface area contributed by atoms with E-state index in [2.05, 4.69) is 10.2 Å². The average molecular weight is 374 g/mol. The molecule has 0 aliphatic carbocycles. The van der Waals surface area contributed by atoms with E-state index in [1.807, 2.05) is 72.6 Å². The standard InChI is InChI=1S/C22H22N4O2/c1-25-12-13-26(14-18(25)15-27)22(28)17-9-6-16(7-10-17)8-11-21-19-4-2-3-5-20(19)23-24-21/h2-11,15,18H,12-14H2,1H3,(H,23,24). The highest BCUT2D eigenvalue weighted by atomic mass is 16.2. The van der Waals surface area contributed by atoms with Crippen LogP contribution in [0.3, 0.4) is 0 Å². The van der Waals surface area contributed by atoms with Gasteiger partial charge < -0.3 is 9.69 Å². The second-order valence-electron chi connectivity index (χ2n) is 7.04. The molecule has 1 N–H and O–H groups in total. The van der Waals surface area contributed by atoms with E-state index in [1.165, 1.54) is 0 Å². The third-order valence-corrected chi connectivity index (χ3v) is 5.23. The zero-order valence-electron chi connectivity index (χ0n) is 15.7. The molecule has 1 amide bonds. The number of amides is 1. The number of para-hydroxylation sites is 1. The number of nitrogens with one attached hydrogen (secondary N) is 1. The molecule has 1 aliphatic rings. The van der Waals surface area contributed by atoms with Crippen LogP contribution in [0.1, 0.15) is 21.6 Å². The van der Waals surface area contributed by atoms with Crippen LogP contribution in [0.25, 0.3) is 23.1 Å². The predicted molar refractivity (Wildman–Crippen MR) is 110 cm³/mol. The largest absolute Gasteiger partial charge is 0.335 e. The smallest absolute Gasteiger partial charge is 0.253 e. The lowest BCUT2D eigenvalue weighted by Crippen LogP contribution is -2.53. The fourth-order valence-electron chi connectivity index (χ4n) is 3.44. The molecule has 6 heteroatoms. The molecule has 28 heavy (non-hydrogen) atoms. The summed E-state index contributed by atoms with van der Waals surface area (Å²) in [4.78, 5) is 27.6. The van der Waals surface area contributed by atoms with Gasteiger partial charge in [-0.2, -0.15) is 5.10 Å². The van der Waals surface area contributed by atoms with E-state index in [1.54, 1.807) is 4.90 Å². The third-order valence-electron chi connectivity index (χ3n) is 5.23. The number of aromatic amines is 1. The maximum atomic E-state index is 12.7. The molecular weight excluding hydrogens is 352 g/mol. The van der Waals surface area contributed by atoms with Gasteiger partial charge in [-0.25, -0.2) is 0 Å². The quantitative estimate of drug-likeness (QED) is 0.713. The van der Waals surface area contributed by atoms with Gasteiger partial charge in [-0.05, 0) is 36.9 Å². The maximum Gasteiger partial charge on any atom is 0.253 e. The van der Waals surface area contributed by atoms with Gasteiger partial charge in [0, 0.05) is 30.6 Å². The van der Waals surface area contributed by atoms with Crippen molar-refractivity contribution in [1.29, 1.82) is 0 Å². The van der Waals surface area contributed by atoms with Gasteiger partial charge in [-0.15, -0.1) is 0 Å². The van der Waals surface area contributed by atoms with Gasteiger partial charge in [-0.3, -0.25) is 14.8 Å². The van der Waals surface area contributed by atoms with Gasteiger partial charge in [0.2, 0.25) is 0 Å². The number of aldehydes is 1. The number of aromatic nitrogens is 2. The molecule has 6 nitrogen and oxygen atoms in total. The van der Waals surface area contributed by atoms with Gasteiger partial charge >= 0.3 is 0 Å². The number of rotatable bonds is 4. The Labute approximate surface area is 163 Å². The van der Waals surface area contributed by atoms with Crippen LogP contribution in [0.4, 0.5) is 0 Å². The van der Waals surface area contributed by atoms with Crippen LogP contribution < -0.4 is 0 Å². The van der Waals surface area contributed by atoms with Crippen molar-refractivity contribution in [2.45, 2.75) is 6.04 Å². The van der Waals surface area contributed by atoms with Crippen molar-refractivity contribution in [3.63, 3.8) is 0 Å². The molecular formula is C22H22N4O2. The SMILES string of the molecule is CN1CCN(C(=O)c2ccc(C=Cc3n[nH]c4ccccc34)cc2)CC1C=O. The summed E-state index contributed by atoms with van der Waals surface area (Å²) in [7, 11) is 1.91. The van der Waals surface area contributed by atoms with E-state index in [-0.39, 0.29) is 11.9 Å². The monoisotopic (exact) mass is 374 g/mol. The molecule has 4 rings (SSSR count). The van der Waals surface area contributed by atoms with Crippen LogP contribution in [0, 0.1) is 0 Å². The van der Waals surface area contributed by atoms with Crippen LogP contribution in [0.5, 0.6) is 0 Å². The molecule has 1 aliphatic heterocycles. The number of fused-ring (bicyclic) bond motifs is 1. The number of likely N-dealkylation sites (N-methyl/N-ethyl adjacent to an activating group) is 1. The molecule has 0 saturated carbocycles. The van der Waals surface area contributed by atoms with Crippen molar-refractivity contribution in [3.8, 4) is 0 Å². The van der Waals surface area contributed by atoms with Crippen molar-refractivity contribution in [1.82, 2.24) is 20.0 Å². The number of hydrogen-bond donors (Lipinski definition) is 1. The third kappa shape index (κ3) is 3.59. The molecule has 0 spiro atoms. The molecule has 0 radical (unpaired) electrons. The Kier molecular flexibility index (Phi) is 5.04. The summed E-state index contributed by atoms with van der Waals surface area (Å²) in [5, 5.41) is 8.42. The Morgan fingerprint density at radius 3 is 2.68 bits per heavy atom. The zero-order valence-corrected chi connectivity index (χ0v) is 15.7. The minimum absolute atomic E-state index is 0.0335. The van der Waals surface area contributed by atoms with Crippen molar-refractivity contribution in [2.75, 3.05) is 26.7 Å². The topological polar surface area (TPSA) is 69.3 Å². The van der Waals surface area contributed by atoms with Gasteiger partial charge in [-0.1, -0.05) is 36.4 Å². The van der Waals surface area contributed by atoms with Crippen LogP contribution in [-0.2, 0) is 4.79 Å². The van der Waals surface area contributed by atoms with Crippen LogP contribution in [0.15, 0.2) is 48.5 Å². The van der Waals surface area contributed by atoms with Crippen molar-refractivity contribution in [3.05, 3.63) is 65.4 Å². The fourth-order valence-corrected chi connectivity index (χ4v) is 3.44. The lowest BCUT2D eigenvalue weighted by atomic mass is 10.1. The second kappa shape index (κ2) is 7.78. The Bertz CT molecular complexity index is 1020. The summed E-state index contributed by atoms with van der Waals surface area (Å²) in [5.74, 6) is -0.0335. The molecule has 1 aromatic heterocycles. The maximum absolute atomic E-state index is 12.7. The number of hydrogen-bond acceptors (Lipinski definition) is 4. The summed E-state index contributed by atoms with van der Waals surface area (Å²) < 4.78 is 0. The highest BCUT2D eigenvalue weighted by Gasteiger charge is 2.27. The first kappa shape index (κ1) is 18.1. The average Bonchev–Trinajstić information content (AvgIpc) is 3.16. The molecule has 1 atom stereocenters. The number of carbonyl (C=O) groups is 2. The normalized spacial score (nSPS) is 18.0. The lowest BCUT2D eigenvalue weighted by molar-refractivity contribution is -0.113. The second-order valence-corrected chi connectivity index (χ2v) is 7.04. The predicted octanol–water partition coefficient (Wildman–Crippen LogP) is 2.69. The highest BCUT2D eigenvalue weighted by Crippen LogP contribution is 2.18. The van der Waals surface area contributed by atoms with E-state index >= 15 is 0 Å². The Morgan fingerprint density at radius 2 is 1.89 bits per heavy atom. The van der Waals surface area contributed by atoms with Crippen molar-refractivity contribution < 1.29 is 9.59 Å².